The van der Waals surface area contributed by atoms with Gasteiger partial charge in [0.05, 0.1) is 6.54 Å². The second-order valence-corrected chi connectivity index (χ2v) is 5.02. The predicted octanol–water partition coefficient (Wildman–Crippen LogP) is 1.80. The fraction of sp³-hybridized carbons (Fsp3) is 0.833. The maximum absolute atomic E-state index is 5.66. The van der Waals surface area contributed by atoms with E-state index in [1.807, 2.05) is 0 Å². The van der Waals surface area contributed by atoms with Crippen molar-refractivity contribution in [2.45, 2.75) is 46.2 Å². The molecule has 1 saturated carbocycles. The molecule has 1 aliphatic rings. The van der Waals surface area contributed by atoms with Crippen LogP contribution in [-0.4, -0.2) is 29.3 Å². The molecule has 5 nitrogen and oxygen atoms in total. The molecule has 5 heteroatoms. The Morgan fingerprint density at radius 2 is 2.18 bits per heavy atom. The third-order valence-electron chi connectivity index (χ3n) is 2.86. The summed E-state index contributed by atoms with van der Waals surface area (Å²) in [6, 6.07) is 1.30. The summed E-state index contributed by atoms with van der Waals surface area (Å²) in [5.74, 6) is 1.32. The highest BCUT2D eigenvalue weighted by atomic mass is 16.4. The lowest BCUT2D eigenvalue weighted by atomic mass is 10.2. The van der Waals surface area contributed by atoms with Gasteiger partial charge in [0.15, 0.2) is 0 Å². The first kappa shape index (κ1) is 12.4. The molecule has 1 aliphatic carbocycles. The van der Waals surface area contributed by atoms with Crippen molar-refractivity contribution in [3.8, 4) is 0 Å². The quantitative estimate of drug-likeness (QED) is 0.785. The zero-order valence-corrected chi connectivity index (χ0v) is 10.9. The summed E-state index contributed by atoms with van der Waals surface area (Å²) in [5.41, 5.74) is 0. The molecule has 1 heterocycles. The molecule has 1 N–H and O–H groups in total. The Labute approximate surface area is 103 Å². The van der Waals surface area contributed by atoms with E-state index in [0.29, 0.717) is 30.4 Å². The van der Waals surface area contributed by atoms with Gasteiger partial charge >= 0.3 is 6.01 Å². The van der Waals surface area contributed by atoms with Crippen LogP contribution >= 0.6 is 0 Å². The minimum atomic E-state index is 0.622. The first-order valence-electron chi connectivity index (χ1n) is 6.50. The molecule has 1 aromatic rings. The fourth-order valence-corrected chi connectivity index (χ4v) is 1.84. The van der Waals surface area contributed by atoms with Crippen molar-refractivity contribution in [1.82, 2.24) is 15.5 Å². The number of rotatable bonds is 7. The molecule has 17 heavy (non-hydrogen) atoms. The van der Waals surface area contributed by atoms with Crippen LogP contribution in [0.3, 0.4) is 0 Å². The zero-order chi connectivity index (χ0) is 12.3. The maximum Gasteiger partial charge on any atom is 0.318 e. The molecule has 0 radical (unpaired) electrons. The topological polar surface area (TPSA) is 54.2 Å². The van der Waals surface area contributed by atoms with E-state index in [2.05, 4.69) is 41.2 Å². The molecule has 2 rings (SSSR count). The molecule has 0 aromatic carbocycles. The summed E-state index contributed by atoms with van der Waals surface area (Å²) in [4.78, 5) is 2.19. The van der Waals surface area contributed by atoms with Gasteiger partial charge in [0.25, 0.3) is 0 Å². The molecular weight excluding hydrogens is 216 g/mol. The highest BCUT2D eigenvalue weighted by Crippen LogP contribution is 2.30. The fourth-order valence-electron chi connectivity index (χ4n) is 1.84. The van der Waals surface area contributed by atoms with Crippen LogP contribution in [0.25, 0.3) is 0 Å². The summed E-state index contributed by atoms with van der Waals surface area (Å²) in [6.45, 7) is 9.05. The van der Waals surface area contributed by atoms with Crippen molar-refractivity contribution in [2.24, 2.45) is 5.92 Å². The van der Waals surface area contributed by atoms with Crippen LogP contribution in [0.5, 0.6) is 0 Å². The Bertz CT molecular complexity index is 346. The van der Waals surface area contributed by atoms with Crippen LogP contribution in [0, 0.1) is 5.92 Å². The number of anilines is 1. The first-order chi connectivity index (χ1) is 8.20. The van der Waals surface area contributed by atoms with Crippen molar-refractivity contribution in [1.29, 1.82) is 0 Å². The first-order valence-corrected chi connectivity index (χ1v) is 6.50. The molecule has 1 fully saturated rings. The lowest BCUT2D eigenvalue weighted by molar-refractivity contribution is 0.447. The van der Waals surface area contributed by atoms with Gasteiger partial charge in [0.2, 0.25) is 5.89 Å². The average Bonchev–Trinajstić information content (AvgIpc) is 3.00. The van der Waals surface area contributed by atoms with E-state index in [1.54, 1.807) is 0 Å². The molecule has 0 saturated heterocycles. The molecule has 96 valence electrons. The van der Waals surface area contributed by atoms with Crippen molar-refractivity contribution < 1.29 is 4.42 Å². The van der Waals surface area contributed by atoms with Crippen molar-refractivity contribution in [2.75, 3.05) is 18.0 Å². The van der Waals surface area contributed by atoms with E-state index in [0.717, 1.165) is 13.1 Å². The molecular formula is C12H22N4O. The van der Waals surface area contributed by atoms with Gasteiger partial charge < -0.3 is 14.6 Å². The molecule has 0 spiro atoms. The van der Waals surface area contributed by atoms with Crippen molar-refractivity contribution in [3.05, 3.63) is 5.89 Å². The van der Waals surface area contributed by atoms with Crippen molar-refractivity contribution in [3.63, 3.8) is 0 Å². The van der Waals surface area contributed by atoms with Gasteiger partial charge in [-0.15, -0.1) is 5.10 Å². The average molecular weight is 238 g/mol. The minimum Gasteiger partial charge on any atom is -0.407 e. The van der Waals surface area contributed by atoms with Gasteiger partial charge in [0, 0.05) is 12.6 Å². The van der Waals surface area contributed by atoms with Crippen molar-refractivity contribution >= 4 is 6.01 Å². The Balaban J connectivity index is 1.86. The summed E-state index contributed by atoms with van der Waals surface area (Å²) in [7, 11) is 0. The predicted molar refractivity (Wildman–Crippen MR) is 66.9 cm³/mol. The van der Waals surface area contributed by atoms with E-state index in [9.17, 15) is 0 Å². The highest BCUT2D eigenvalue weighted by Gasteiger charge is 2.31. The standard InChI is InChI=1S/C12H22N4O/c1-4-16(10-5-6-10)12-15-14-11(17-12)8-13-7-9(2)3/h9-10,13H,4-8H2,1-3H3. The van der Waals surface area contributed by atoms with Gasteiger partial charge in [-0.25, -0.2) is 0 Å². The van der Waals surface area contributed by atoms with Crippen LogP contribution in [0.1, 0.15) is 39.5 Å². The monoisotopic (exact) mass is 238 g/mol. The van der Waals surface area contributed by atoms with Gasteiger partial charge in [-0.1, -0.05) is 18.9 Å². The summed E-state index contributed by atoms with van der Waals surface area (Å²) in [5, 5.41) is 11.5. The number of nitrogens with one attached hydrogen (secondary N) is 1. The van der Waals surface area contributed by atoms with Crippen LogP contribution in [0.4, 0.5) is 6.01 Å². The summed E-state index contributed by atoms with van der Waals surface area (Å²) >= 11 is 0. The molecule has 0 unspecified atom stereocenters. The lowest BCUT2D eigenvalue weighted by Gasteiger charge is -2.16. The van der Waals surface area contributed by atoms with Crippen LogP contribution in [0.15, 0.2) is 4.42 Å². The summed E-state index contributed by atoms with van der Waals surface area (Å²) < 4.78 is 5.66. The second-order valence-electron chi connectivity index (χ2n) is 5.02. The SMILES string of the molecule is CCN(c1nnc(CNCC(C)C)o1)C1CC1. The van der Waals surface area contributed by atoms with Gasteiger partial charge in [0.1, 0.15) is 0 Å². The van der Waals surface area contributed by atoms with E-state index in [1.165, 1.54) is 12.8 Å². The van der Waals surface area contributed by atoms with Crippen LogP contribution in [-0.2, 0) is 6.54 Å². The maximum atomic E-state index is 5.66. The number of aromatic nitrogens is 2. The molecule has 0 bridgehead atoms. The van der Waals surface area contributed by atoms with E-state index in [-0.39, 0.29) is 0 Å². The Hall–Kier alpha value is -1.10. The molecule has 0 aliphatic heterocycles. The normalized spacial score (nSPS) is 15.5. The van der Waals surface area contributed by atoms with Crippen LogP contribution < -0.4 is 10.2 Å². The minimum absolute atomic E-state index is 0.622. The third kappa shape index (κ3) is 3.43. The Morgan fingerprint density at radius 3 is 2.76 bits per heavy atom. The smallest absolute Gasteiger partial charge is 0.318 e. The molecule has 0 atom stereocenters. The van der Waals surface area contributed by atoms with Crippen LogP contribution in [0.2, 0.25) is 0 Å². The third-order valence-corrected chi connectivity index (χ3v) is 2.86. The molecule has 1 aromatic heterocycles. The van der Waals surface area contributed by atoms with Gasteiger partial charge in [-0.05, 0) is 32.2 Å². The Morgan fingerprint density at radius 1 is 1.41 bits per heavy atom. The number of nitrogens with zero attached hydrogens (tertiary/aromatic N) is 3. The number of hydrogen-bond donors (Lipinski definition) is 1. The largest absolute Gasteiger partial charge is 0.407 e. The van der Waals surface area contributed by atoms with Gasteiger partial charge in [-0.3, -0.25) is 0 Å². The second kappa shape index (κ2) is 5.49. The van der Waals surface area contributed by atoms with E-state index in [4.69, 9.17) is 4.42 Å². The van der Waals surface area contributed by atoms with E-state index < -0.39 is 0 Å². The van der Waals surface area contributed by atoms with E-state index >= 15 is 0 Å². The molecule has 0 amide bonds. The highest BCUT2D eigenvalue weighted by molar-refractivity contribution is 5.29. The number of hydrogen-bond acceptors (Lipinski definition) is 5. The lowest BCUT2D eigenvalue weighted by Crippen LogP contribution is -2.25. The Kier molecular flexibility index (Phi) is 3.99. The zero-order valence-electron chi connectivity index (χ0n) is 10.9. The van der Waals surface area contributed by atoms with Gasteiger partial charge in [-0.2, -0.15) is 0 Å². The summed E-state index contributed by atoms with van der Waals surface area (Å²) in [6.07, 6.45) is 2.49.